The molecule has 3 aromatic carbocycles. The summed E-state index contributed by atoms with van der Waals surface area (Å²) >= 11 is 7.26. The Hall–Kier alpha value is -3.07. The van der Waals surface area contributed by atoms with Crippen molar-refractivity contribution in [3.8, 4) is 22.6 Å². The predicted molar refractivity (Wildman–Crippen MR) is 131 cm³/mol. The highest BCUT2D eigenvalue weighted by Crippen LogP contribution is 2.35. The van der Waals surface area contributed by atoms with Gasteiger partial charge in [0.1, 0.15) is 5.69 Å². The van der Waals surface area contributed by atoms with E-state index in [9.17, 15) is 13.2 Å². The molecule has 1 amide bonds. The number of thioether (sulfide) groups is 1. The van der Waals surface area contributed by atoms with E-state index in [1.165, 1.54) is 18.2 Å². The molecule has 33 heavy (non-hydrogen) atoms. The first-order chi connectivity index (χ1) is 15.8. The maximum absolute atomic E-state index is 12.5. The van der Waals surface area contributed by atoms with Gasteiger partial charge < -0.3 is 9.73 Å². The summed E-state index contributed by atoms with van der Waals surface area (Å²) < 4.78 is 29.6. The Kier molecular flexibility index (Phi) is 6.88. The van der Waals surface area contributed by atoms with Crippen molar-refractivity contribution in [1.82, 2.24) is 4.98 Å². The Balaban J connectivity index is 1.53. The lowest BCUT2D eigenvalue weighted by Gasteiger charge is -2.08. The van der Waals surface area contributed by atoms with Crippen molar-refractivity contribution in [2.75, 3.05) is 17.3 Å². The van der Waals surface area contributed by atoms with Crippen LogP contribution in [0.2, 0.25) is 5.02 Å². The zero-order chi connectivity index (χ0) is 23.4. The molecule has 4 rings (SSSR count). The number of nitrogens with zero attached hydrogens (tertiary/aromatic N) is 1. The first-order valence-corrected chi connectivity index (χ1v) is 13.1. The Morgan fingerprint density at radius 3 is 2.27 bits per heavy atom. The van der Waals surface area contributed by atoms with E-state index in [0.717, 1.165) is 29.1 Å². The van der Waals surface area contributed by atoms with Crippen LogP contribution in [-0.4, -0.2) is 31.3 Å². The first kappa shape index (κ1) is 23.1. The lowest BCUT2D eigenvalue weighted by atomic mass is 10.1. The van der Waals surface area contributed by atoms with E-state index in [1.54, 1.807) is 0 Å². The third kappa shape index (κ3) is 5.65. The fourth-order valence-corrected chi connectivity index (χ4v) is 4.52. The van der Waals surface area contributed by atoms with E-state index < -0.39 is 9.84 Å². The molecular weight excluding hydrogens is 480 g/mol. The molecule has 0 aliphatic rings. The smallest absolute Gasteiger partial charge is 0.257 e. The SMILES string of the molecule is CS(=O)(=O)c1ccc(Cl)c(NC(=O)CSc2nc(-c3ccccc3)c(-c3ccccc3)o2)c1. The van der Waals surface area contributed by atoms with Gasteiger partial charge in [-0.3, -0.25) is 4.79 Å². The van der Waals surface area contributed by atoms with E-state index >= 15 is 0 Å². The van der Waals surface area contributed by atoms with Gasteiger partial charge in [0.25, 0.3) is 5.22 Å². The van der Waals surface area contributed by atoms with Gasteiger partial charge in [0.05, 0.1) is 21.4 Å². The van der Waals surface area contributed by atoms with Crippen LogP contribution in [0.5, 0.6) is 0 Å². The van der Waals surface area contributed by atoms with Gasteiger partial charge in [-0.15, -0.1) is 0 Å². The normalized spacial score (nSPS) is 11.3. The van der Waals surface area contributed by atoms with Gasteiger partial charge in [-0.05, 0) is 18.2 Å². The summed E-state index contributed by atoms with van der Waals surface area (Å²) in [7, 11) is -3.43. The number of sulfone groups is 1. The van der Waals surface area contributed by atoms with Crippen LogP contribution >= 0.6 is 23.4 Å². The predicted octanol–water partition coefficient (Wildman–Crippen LogP) is 5.80. The zero-order valence-corrected chi connectivity index (χ0v) is 19.9. The number of benzene rings is 3. The highest BCUT2D eigenvalue weighted by atomic mass is 35.5. The van der Waals surface area contributed by atoms with Crippen LogP contribution in [0.1, 0.15) is 0 Å². The van der Waals surface area contributed by atoms with E-state index in [0.29, 0.717) is 16.7 Å². The molecule has 0 atom stereocenters. The summed E-state index contributed by atoms with van der Waals surface area (Å²) in [5.41, 5.74) is 2.70. The number of carbonyl (C=O) groups is 1. The Morgan fingerprint density at radius 2 is 1.64 bits per heavy atom. The Morgan fingerprint density at radius 1 is 1.00 bits per heavy atom. The number of halogens is 1. The second-order valence-electron chi connectivity index (χ2n) is 7.14. The summed E-state index contributed by atoms with van der Waals surface area (Å²) in [5, 5.41) is 3.24. The third-order valence-electron chi connectivity index (χ3n) is 4.66. The standard InChI is InChI=1S/C24H19ClN2O4S2/c1-33(29,30)18-12-13-19(25)20(14-18)26-21(28)15-32-24-27-22(16-8-4-2-5-9-16)23(31-24)17-10-6-3-7-11-17/h2-14H,15H2,1H3,(H,26,28). The molecule has 0 aliphatic heterocycles. The van der Waals surface area contributed by atoms with E-state index in [-0.39, 0.29) is 27.3 Å². The van der Waals surface area contributed by atoms with Crippen molar-refractivity contribution < 1.29 is 17.6 Å². The van der Waals surface area contributed by atoms with Crippen molar-refractivity contribution in [3.05, 3.63) is 83.9 Å². The third-order valence-corrected chi connectivity index (χ3v) is 6.93. The molecule has 0 fully saturated rings. The Labute approximate surface area is 200 Å². The average Bonchev–Trinajstić information content (AvgIpc) is 3.24. The molecule has 9 heteroatoms. The van der Waals surface area contributed by atoms with E-state index in [4.69, 9.17) is 16.0 Å². The minimum Gasteiger partial charge on any atom is -0.431 e. The maximum atomic E-state index is 12.5. The fourth-order valence-electron chi connectivity index (χ4n) is 3.08. The molecule has 0 spiro atoms. The molecule has 0 saturated heterocycles. The van der Waals surface area contributed by atoms with Crippen LogP contribution in [0.25, 0.3) is 22.6 Å². The summed E-state index contributed by atoms with van der Waals surface area (Å²) in [5.74, 6) is 0.254. The molecule has 1 heterocycles. The molecule has 0 radical (unpaired) electrons. The second kappa shape index (κ2) is 9.82. The van der Waals surface area contributed by atoms with Gasteiger partial charge >= 0.3 is 0 Å². The summed E-state index contributed by atoms with van der Waals surface area (Å²) in [4.78, 5) is 17.2. The lowest BCUT2D eigenvalue weighted by Crippen LogP contribution is -2.14. The van der Waals surface area contributed by atoms with Crippen LogP contribution in [0.15, 0.2) is 93.4 Å². The molecule has 0 bridgehead atoms. The van der Waals surface area contributed by atoms with Crippen LogP contribution in [-0.2, 0) is 14.6 Å². The van der Waals surface area contributed by atoms with Gasteiger partial charge in [0.2, 0.25) is 5.91 Å². The number of carbonyl (C=O) groups excluding carboxylic acids is 1. The van der Waals surface area contributed by atoms with E-state index in [2.05, 4.69) is 10.3 Å². The highest BCUT2D eigenvalue weighted by Gasteiger charge is 2.18. The summed E-state index contributed by atoms with van der Waals surface area (Å²) in [6, 6.07) is 23.5. The fraction of sp³-hybridized carbons (Fsp3) is 0.0833. The molecule has 1 aromatic heterocycles. The van der Waals surface area contributed by atoms with Crippen LogP contribution in [0.4, 0.5) is 5.69 Å². The largest absolute Gasteiger partial charge is 0.431 e. The number of amides is 1. The number of rotatable bonds is 7. The van der Waals surface area contributed by atoms with Crippen molar-refractivity contribution in [2.45, 2.75) is 10.1 Å². The van der Waals surface area contributed by atoms with Gasteiger partial charge in [-0.25, -0.2) is 13.4 Å². The summed E-state index contributed by atoms with van der Waals surface area (Å²) in [6.07, 6.45) is 1.09. The minimum atomic E-state index is -3.43. The average molecular weight is 499 g/mol. The van der Waals surface area contributed by atoms with Crippen molar-refractivity contribution in [2.24, 2.45) is 0 Å². The van der Waals surface area contributed by atoms with Crippen LogP contribution < -0.4 is 5.32 Å². The first-order valence-electron chi connectivity index (χ1n) is 9.85. The zero-order valence-electron chi connectivity index (χ0n) is 17.5. The molecule has 6 nitrogen and oxygen atoms in total. The summed E-state index contributed by atoms with van der Waals surface area (Å²) in [6.45, 7) is 0. The Bertz CT molecular complexity index is 1330. The second-order valence-corrected chi connectivity index (χ2v) is 10.5. The van der Waals surface area contributed by atoms with Crippen LogP contribution in [0, 0.1) is 0 Å². The quantitative estimate of drug-likeness (QED) is 0.324. The molecule has 168 valence electrons. The van der Waals surface area contributed by atoms with Crippen LogP contribution in [0.3, 0.4) is 0 Å². The molecule has 0 unspecified atom stereocenters. The molecular formula is C24H19ClN2O4S2. The number of aromatic nitrogens is 1. The minimum absolute atomic E-state index is 0.00239. The van der Waals surface area contributed by atoms with Gasteiger partial charge in [-0.1, -0.05) is 84.0 Å². The maximum Gasteiger partial charge on any atom is 0.257 e. The van der Waals surface area contributed by atoms with E-state index in [1.807, 2.05) is 60.7 Å². The molecule has 4 aromatic rings. The van der Waals surface area contributed by atoms with Crippen molar-refractivity contribution >= 4 is 44.8 Å². The highest BCUT2D eigenvalue weighted by molar-refractivity contribution is 7.99. The topological polar surface area (TPSA) is 89.3 Å². The van der Waals surface area contributed by atoms with Crippen molar-refractivity contribution in [3.63, 3.8) is 0 Å². The van der Waals surface area contributed by atoms with Gasteiger partial charge in [0.15, 0.2) is 15.6 Å². The van der Waals surface area contributed by atoms with Crippen molar-refractivity contribution in [1.29, 1.82) is 0 Å². The molecule has 0 aliphatic carbocycles. The number of anilines is 1. The number of oxazole rings is 1. The monoisotopic (exact) mass is 498 g/mol. The number of hydrogen-bond acceptors (Lipinski definition) is 6. The lowest BCUT2D eigenvalue weighted by molar-refractivity contribution is -0.113. The number of hydrogen-bond donors (Lipinski definition) is 1. The van der Waals surface area contributed by atoms with Gasteiger partial charge in [0, 0.05) is 17.4 Å². The number of nitrogens with one attached hydrogen (secondary N) is 1. The van der Waals surface area contributed by atoms with Gasteiger partial charge in [-0.2, -0.15) is 0 Å². The molecule has 0 saturated carbocycles. The molecule has 1 N–H and O–H groups in total.